The van der Waals surface area contributed by atoms with E-state index in [1.54, 1.807) is 0 Å². The molecule has 0 aliphatic carbocycles. The van der Waals surface area contributed by atoms with Crippen molar-refractivity contribution >= 4 is 62.4 Å². The zero-order chi connectivity index (χ0) is 10.4. The molecule has 68 valence electrons. The first kappa shape index (κ1) is 9.33. The molecule has 0 atom stereocenters. The van der Waals surface area contributed by atoms with Gasteiger partial charge in [0, 0.05) is 14.8 Å². The Bertz CT molecular complexity index is 655. The highest BCUT2D eigenvalue weighted by Crippen LogP contribution is 2.31. The summed E-state index contributed by atoms with van der Waals surface area (Å²) in [5.74, 6) is 0. The van der Waals surface area contributed by atoms with Crippen LogP contribution in [0.4, 0.5) is 0 Å². The van der Waals surface area contributed by atoms with Crippen molar-refractivity contribution in [2.75, 3.05) is 0 Å². The lowest BCUT2D eigenvalue weighted by molar-refractivity contribution is 1.87. The number of rotatable bonds is 0. The summed E-state index contributed by atoms with van der Waals surface area (Å²) < 4.78 is 2.66. The highest BCUT2D eigenvalue weighted by molar-refractivity contribution is 7.26. The topological polar surface area (TPSA) is 0 Å². The van der Waals surface area contributed by atoms with E-state index in [0.29, 0.717) is 0 Å². The lowest BCUT2D eigenvalue weighted by atomic mass is 10.1. The molecule has 0 aliphatic heterocycles. The van der Waals surface area contributed by atoms with Gasteiger partial charge in [0.2, 0.25) is 0 Å². The van der Waals surface area contributed by atoms with E-state index in [0.717, 1.165) is 10.4 Å². The van der Waals surface area contributed by atoms with Crippen LogP contribution >= 0.6 is 11.3 Å². The van der Waals surface area contributed by atoms with Crippen molar-refractivity contribution in [1.82, 2.24) is 0 Å². The maximum atomic E-state index is 3.69. The molecule has 6 radical (unpaired) electrons. The van der Waals surface area contributed by atoms with Gasteiger partial charge < -0.3 is 0 Å². The zero-order valence-corrected chi connectivity index (χ0v) is 10.7. The van der Waals surface area contributed by atoms with Crippen LogP contribution in [-0.2, 0) is 0 Å². The zero-order valence-electron chi connectivity index (χ0n) is 7.87. The minimum atomic E-state index is 1.10. The van der Waals surface area contributed by atoms with Crippen molar-refractivity contribution in [3.8, 4) is 0 Å². The van der Waals surface area contributed by atoms with Gasteiger partial charge in [-0.2, -0.15) is 0 Å². The minimum absolute atomic E-state index is 1.10. The number of thiophene rings is 1. The molecular weight excluding hydrogens is 232 g/mol. The van der Waals surface area contributed by atoms with Gasteiger partial charge in [0.1, 0.15) is 0 Å². The summed E-state index contributed by atoms with van der Waals surface area (Å²) in [5.41, 5.74) is 0. The van der Waals surface area contributed by atoms with Crippen LogP contribution in [0.15, 0.2) is 36.4 Å². The van der Waals surface area contributed by atoms with E-state index in [1.165, 1.54) is 20.2 Å². The maximum absolute atomic E-state index is 3.69. The van der Waals surface area contributed by atoms with E-state index < -0.39 is 0 Å². The molecule has 0 saturated heterocycles. The quantitative estimate of drug-likeness (QED) is 0.522. The van der Waals surface area contributed by atoms with Crippen molar-refractivity contribution in [2.24, 2.45) is 0 Å². The Labute approximate surface area is 98.8 Å². The van der Waals surface area contributed by atoms with Crippen LogP contribution in [0.1, 0.15) is 0 Å². The minimum Gasteiger partial charge on any atom is -0.135 e. The van der Waals surface area contributed by atoms with E-state index >= 15 is 0 Å². The summed E-state index contributed by atoms with van der Waals surface area (Å²) in [6.07, 6.45) is 0. The van der Waals surface area contributed by atoms with Crippen LogP contribution in [0.25, 0.3) is 20.2 Å². The third kappa shape index (κ3) is 1.31. The molecule has 1 aromatic heterocycles. The van der Waals surface area contributed by atoms with Gasteiger partial charge in [-0.05, 0) is 17.5 Å². The van der Waals surface area contributed by atoms with E-state index in [9.17, 15) is 0 Å². The summed E-state index contributed by atoms with van der Waals surface area (Å²) in [4.78, 5) is 0. The van der Waals surface area contributed by atoms with Crippen molar-refractivity contribution < 1.29 is 0 Å². The molecule has 0 unspecified atom stereocenters. The summed E-state index contributed by atoms with van der Waals surface area (Å²) in [5, 5.41) is 4.87. The second-order valence-electron chi connectivity index (χ2n) is 3.46. The SMILES string of the molecule is [Si]c1ccc2sc3ccccc3c2c1[Si]. The predicted molar refractivity (Wildman–Crippen MR) is 70.1 cm³/mol. The molecule has 2 aromatic carbocycles. The molecule has 3 aromatic rings. The van der Waals surface area contributed by atoms with E-state index in [2.05, 4.69) is 56.9 Å². The van der Waals surface area contributed by atoms with Gasteiger partial charge in [-0.15, -0.1) is 11.3 Å². The number of benzene rings is 2. The number of fused-ring (bicyclic) bond motifs is 3. The first-order valence-electron chi connectivity index (χ1n) is 4.65. The molecule has 0 fully saturated rings. The van der Waals surface area contributed by atoms with Crippen LogP contribution < -0.4 is 10.4 Å². The summed E-state index contributed by atoms with van der Waals surface area (Å²) in [6.45, 7) is 0. The van der Waals surface area contributed by atoms with Gasteiger partial charge in [0.15, 0.2) is 0 Å². The van der Waals surface area contributed by atoms with E-state index in [-0.39, 0.29) is 0 Å². The molecule has 0 nitrogen and oxygen atoms in total. The first-order valence-corrected chi connectivity index (χ1v) is 6.46. The maximum Gasteiger partial charge on any atom is 0.0719 e. The van der Waals surface area contributed by atoms with E-state index in [1.807, 2.05) is 11.3 Å². The Morgan fingerprint density at radius 2 is 1.67 bits per heavy atom. The van der Waals surface area contributed by atoms with Crippen LogP contribution in [0, 0.1) is 0 Å². The van der Waals surface area contributed by atoms with Crippen LogP contribution in [0.5, 0.6) is 0 Å². The molecule has 3 rings (SSSR count). The Morgan fingerprint density at radius 1 is 0.867 bits per heavy atom. The van der Waals surface area contributed by atoms with Gasteiger partial charge in [-0.1, -0.05) is 34.6 Å². The third-order valence-electron chi connectivity index (χ3n) is 2.54. The van der Waals surface area contributed by atoms with Crippen molar-refractivity contribution in [3.05, 3.63) is 36.4 Å². The second kappa shape index (κ2) is 3.30. The van der Waals surface area contributed by atoms with Gasteiger partial charge in [-0.3, -0.25) is 0 Å². The molecule has 0 amide bonds. The Hall–Kier alpha value is -0.906. The average Bonchev–Trinajstić information content (AvgIpc) is 2.62. The molecular formula is C12H6SSi2. The monoisotopic (exact) mass is 238 g/mol. The Morgan fingerprint density at radius 3 is 2.53 bits per heavy atom. The number of hydrogen-bond acceptors (Lipinski definition) is 1. The fourth-order valence-corrected chi connectivity index (χ4v) is 3.58. The lowest BCUT2D eigenvalue weighted by Crippen LogP contribution is -2.25. The molecule has 3 heteroatoms. The largest absolute Gasteiger partial charge is 0.135 e. The molecule has 0 spiro atoms. The molecule has 0 N–H and O–H groups in total. The van der Waals surface area contributed by atoms with Crippen molar-refractivity contribution in [1.29, 1.82) is 0 Å². The highest BCUT2D eigenvalue weighted by Gasteiger charge is 2.07. The van der Waals surface area contributed by atoms with Gasteiger partial charge >= 0.3 is 0 Å². The second-order valence-corrected chi connectivity index (χ2v) is 5.58. The molecule has 1 heterocycles. The number of hydrogen-bond donors (Lipinski definition) is 0. The highest BCUT2D eigenvalue weighted by atomic mass is 32.1. The van der Waals surface area contributed by atoms with Crippen LogP contribution in [0.3, 0.4) is 0 Å². The molecule has 0 aliphatic rings. The lowest BCUT2D eigenvalue weighted by Gasteiger charge is -2.01. The van der Waals surface area contributed by atoms with E-state index in [4.69, 9.17) is 0 Å². The van der Waals surface area contributed by atoms with Gasteiger partial charge in [0.05, 0.1) is 20.5 Å². The standard InChI is InChI=1S/C12H6SSi2/c14-10-6-5-9-11(12(10)15)7-3-1-2-4-8(7)13-9/h1-6H. The molecule has 15 heavy (non-hydrogen) atoms. The normalized spacial score (nSPS) is 11.3. The summed E-state index contributed by atoms with van der Waals surface area (Å²) in [6, 6.07) is 12.7. The van der Waals surface area contributed by atoms with Gasteiger partial charge in [-0.25, -0.2) is 0 Å². The average molecular weight is 238 g/mol. The first-order chi connectivity index (χ1) is 7.27. The Balaban J connectivity index is 2.63. The van der Waals surface area contributed by atoms with Crippen LogP contribution in [0.2, 0.25) is 0 Å². The molecule has 0 saturated carbocycles. The third-order valence-corrected chi connectivity index (χ3v) is 4.87. The van der Waals surface area contributed by atoms with Crippen molar-refractivity contribution in [2.45, 2.75) is 0 Å². The predicted octanol–water partition coefficient (Wildman–Crippen LogP) is 1.64. The van der Waals surface area contributed by atoms with Gasteiger partial charge in [0.25, 0.3) is 0 Å². The smallest absolute Gasteiger partial charge is 0.0719 e. The summed E-state index contributed by atoms with van der Waals surface area (Å²) in [7, 11) is 7.29. The summed E-state index contributed by atoms with van der Waals surface area (Å²) >= 11 is 1.83. The Kier molecular flexibility index (Phi) is 2.05. The fraction of sp³-hybridized carbons (Fsp3) is 0. The fourth-order valence-electron chi connectivity index (χ4n) is 1.82. The molecule has 0 bridgehead atoms. The van der Waals surface area contributed by atoms with Crippen LogP contribution in [-0.4, -0.2) is 20.5 Å². The van der Waals surface area contributed by atoms with Crippen molar-refractivity contribution in [3.63, 3.8) is 0 Å².